The Kier molecular flexibility index (Phi) is 4.19. The molecule has 1 aliphatic carbocycles. The van der Waals surface area contributed by atoms with Crippen LogP contribution in [0.2, 0.25) is 5.02 Å². The SMILES string of the molecule is CCN(CC(=O)c1ccccc1Cl)CC1CC1. The summed E-state index contributed by atoms with van der Waals surface area (Å²) in [6.07, 6.45) is 2.63. The Bertz CT molecular complexity index is 401. The maximum Gasteiger partial charge on any atom is 0.178 e. The lowest BCUT2D eigenvalue weighted by Crippen LogP contribution is -2.31. The van der Waals surface area contributed by atoms with E-state index in [0.29, 0.717) is 17.1 Å². The largest absolute Gasteiger partial charge is 0.296 e. The summed E-state index contributed by atoms with van der Waals surface area (Å²) in [5, 5.41) is 0.556. The lowest BCUT2D eigenvalue weighted by atomic mass is 10.1. The standard InChI is InChI=1S/C14H18ClNO/c1-2-16(9-11-7-8-11)10-14(17)12-5-3-4-6-13(12)15/h3-6,11H,2,7-10H2,1H3. The van der Waals surface area contributed by atoms with Gasteiger partial charge in [-0.1, -0.05) is 30.7 Å². The van der Waals surface area contributed by atoms with Crippen molar-refractivity contribution < 1.29 is 4.79 Å². The highest BCUT2D eigenvalue weighted by molar-refractivity contribution is 6.34. The zero-order valence-electron chi connectivity index (χ0n) is 10.2. The molecule has 0 N–H and O–H groups in total. The fourth-order valence-corrected chi connectivity index (χ4v) is 2.19. The Labute approximate surface area is 108 Å². The first kappa shape index (κ1) is 12.6. The highest BCUT2D eigenvalue weighted by Gasteiger charge is 2.24. The van der Waals surface area contributed by atoms with Crippen LogP contribution >= 0.6 is 11.6 Å². The Morgan fingerprint density at radius 2 is 2.12 bits per heavy atom. The van der Waals surface area contributed by atoms with Crippen molar-refractivity contribution in [2.24, 2.45) is 5.92 Å². The van der Waals surface area contributed by atoms with E-state index in [4.69, 9.17) is 11.6 Å². The number of benzene rings is 1. The fourth-order valence-electron chi connectivity index (χ4n) is 1.95. The molecule has 0 saturated heterocycles. The molecule has 0 aliphatic heterocycles. The van der Waals surface area contributed by atoms with Gasteiger partial charge in [-0.3, -0.25) is 9.69 Å². The number of ketones is 1. The van der Waals surface area contributed by atoms with Gasteiger partial charge >= 0.3 is 0 Å². The summed E-state index contributed by atoms with van der Waals surface area (Å²) in [6, 6.07) is 7.28. The van der Waals surface area contributed by atoms with E-state index in [1.165, 1.54) is 12.8 Å². The molecule has 1 aromatic rings. The Balaban J connectivity index is 1.97. The fraction of sp³-hybridized carbons (Fsp3) is 0.500. The first-order valence-corrected chi connectivity index (χ1v) is 6.58. The maximum atomic E-state index is 12.1. The maximum absolute atomic E-state index is 12.1. The molecular weight excluding hydrogens is 234 g/mol. The minimum atomic E-state index is 0.123. The third kappa shape index (κ3) is 3.55. The highest BCUT2D eigenvalue weighted by Crippen LogP contribution is 2.29. The van der Waals surface area contributed by atoms with Crippen LogP contribution in [-0.4, -0.2) is 30.3 Å². The summed E-state index contributed by atoms with van der Waals surface area (Å²) in [5.41, 5.74) is 0.642. The summed E-state index contributed by atoms with van der Waals surface area (Å²) in [5.74, 6) is 0.937. The van der Waals surface area contributed by atoms with E-state index in [1.807, 2.05) is 12.1 Å². The van der Waals surface area contributed by atoms with Crippen LogP contribution in [0.4, 0.5) is 0 Å². The number of hydrogen-bond donors (Lipinski definition) is 0. The van der Waals surface area contributed by atoms with Gasteiger partial charge in [0.2, 0.25) is 0 Å². The van der Waals surface area contributed by atoms with Crippen molar-refractivity contribution in [2.45, 2.75) is 19.8 Å². The van der Waals surface area contributed by atoms with Crippen LogP contribution in [-0.2, 0) is 0 Å². The number of likely N-dealkylation sites (N-methyl/N-ethyl adjacent to an activating group) is 1. The van der Waals surface area contributed by atoms with Crippen LogP contribution in [0.3, 0.4) is 0 Å². The highest BCUT2D eigenvalue weighted by atomic mass is 35.5. The summed E-state index contributed by atoms with van der Waals surface area (Å²) >= 11 is 6.02. The number of carbonyl (C=O) groups is 1. The number of carbonyl (C=O) groups excluding carboxylic acids is 1. The summed E-state index contributed by atoms with van der Waals surface area (Å²) in [4.78, 5) is 14.3. The molecule has 0 atom stereocenters. The van der Waals surface area contributed by atoms with Crippen LogP contribution in [0, 0.1) is 5.92 Å². The molecule has 0 heterocycles. The zero-order chi connectivity index (χ0) is 12.3. The van der Waals surface area contributed by atoms with Crippen molar-refractivity contribution in [2.75, 3.05) is 19.6 Å². The molecule has 0 amide bonds. The predicted octanol–water partition coefficient (Wildman–Crippen LogP) is 3.25. The minimum Gasteiger partial charge on any atom is -0.296 e. The lowest BCUT2D eigenvalue weighted by Gasteiger charge is -2.19. The Morgan fingerprint density at radius 1 is 1.41 bits per heavy atom. The van der Waals surface area contributed by atoms with Gasteiger partial charge in [0.1, 0.15) is 0 Å². The summed E-state index contributed by atoms with van der Waals surface area (Å²) in [7, 11) is 0. The molecule has 1 aromatic carbocycles. The van der Waals surface area contributed by atoms with Gasteiger partial charge in [0, 0.05) is 12.1 Å². The van der Waals surface area contributed by atoms with Gasteiger partial charge in [-0.25, -0.2) is 0 Å². The molecule has 3 heteroatoms. The van der Waals surface area contributed by atoms with Crippen molar-refractivity contribution in [1.82, 2.24) is 4.90 Å². The molecule has 0 bridgehead atoms. The third-order valence-corrected chi connectivity index (χ3v) is 3.53. The number of hydrogen-bond acceptors (Lipinski definition) is 2. The monoisotopic (exact) mass is 251 g/mol. The normalized spacial score (nSPS) is 15.2. The van der Waals surface area contributed by atoms with Crippen molar-refractivity contribution >= 4 is 17.4 Å². The molecule has 1 aliphatic rings. The second kappa shape index (κ2) is 5.65. The van der Waals surface area contributed by atoms with Crippen LogP contribution < -0.4 is 0 Å². The molecule has 0 radical (unpaired) electrons. The average molecular weight is 252 g/mol. The Morgan fingerprint density at radius 3 is 2.71 bits per heavy atom. The number of halogens is 1. The van der Waals surface area contributed by atoms with E-state index in [2.05, 4.69) is 11.8 Å². The van der Waals surface area contributed by atoms with Gasteiger partial charge in [-0.2, -0.15) is 0 Å². The van der Waals surface area contributed by atoms with Crippen LogP contribution in [0.15, 0.2) is 24.3 Å². The van der Waals surface area contributed by atoms with Gasteiger partial charge in [0.25, 0.3) is 0 Å². The van der Waals surface area contributed by atoms with E-state index in [9.17, 15) is 4.79 Å². The van der Waals surface area contributed by atoms with Gasteiger partial charge < -0.3 is 0 Å². The predicted molar refractivity (Wildman–Crippen MR) is 70.6 cm³/mol. The first-order chi connectivity index (χ1) is 8.20. The van der Waals surface area contributed by atoms with E-state index < -0.39 is 0 Å². The molecule has 0 unspecified atom stereocenters. The molecule has 2 nitrogen and oxygen atoms in total. The Hall–Kier alpha value is -0.860. The van der Waals surface area contributed by atoms with E-state index in [-0.39, 0.29) is 5.78 Å². The topological polar surface area (TPSA) is 20.3 Å². The van der Waals surface area contributed by atoms with E-state index >= 15 is 0 Å². The van der Waals surface area contributed by atoms with E-state index in [0.717, 1.165) is 19.0 Å². The molecule has 0 aromatic heterocycles. The molecule has 92 valence electrons. The smallest absolute Gasteiger partial charge is 0.178 e. The number of nitrogens with zero attached hydrogens (tertiary/aromatic N) is 1. The lowest BCUT2D eigenvalue weighted by molar-refractivity contribution is 0.0931. The zero-order valence-corrected chi connectivity index (χ0v) is 10.9. The molecule has 1 saturated carbocycles. The average Bonchev–Trinajstić information content (AvgIpc) is 3.12. The quantitative estimate of drug-likeness (QED) is 0.724. The molecular formula is C14H18ClNO. The van der Waals surface area contributed by atoms with Crippen molar-refractivity contribution in [3.8, 4) is 0 Å². The van der Waals surface area contributed by atoms with Crippen LogP contribution in [0.25, 0.3) is 0 Å². The summed E-state index contributed by atoms with van der Waals surface area (Å²) < 4.78 is 0. The van der Waals surface area contributed by atoms with Crippen molar-refractivity contribution in [1.29, 1.82) is 0 Å². The molecule has 1 fully saturated rings. The second-order valence-electron chi connectivity index (χ2n) is 4.67. The third-order valence-electron chi connectivity index (χ3n) is 3.20. The van der Waals surface area contributed by atoms with Gasteiger partial charge in [-0.15, -0.1) is 0 Å². The van der Waals surface area contributed by atoms with E-state index in [1.54, 1.807) is 12.1 Å². The number of Topliss-reactive ketones (excluding diaryl/α,β-unsaturated/α-hetero) is 1. The van der Waals surface area contributed by atoms with Gasteiger partial charge in [0.15, 0.2) is 5.78 Å². The first-order valence-electron chi connectivity index (χ1n) is 6.20. The molecule has 17 heavy (non-hydrogen) atoms. The number of rotatable bonds is 6. The van der Waals surface area contributed by atoms with Gasteiger partial charge in [-0.05, 0) is 37.4 Å². The minimum absolute atomic E-state index is 0.123. The second-order valence-corrected chi connectivity index (χ2v) is 5.08. The van der Waals surface area contributed by atoms with Crippen LogP contribution in [0.5, 0.6) is 0 Å². The molecule has 2 rings (SSSR count). The van der Waals surface area contributed by atoms with Crippen molar-refractivity contribution in [3.05, 3.63) is 34.9 Å². The van der Waals surface area contributed by atoms with Gasteiger partial charge in [0.05, 0.1) is 11.6 Å². The van der Waals surface area contributed by atoms with Crippen molar-refractivity contribution in [3.63, 3.8) is 0 Å². The summed E-state index contributed by atoms with van der Waals surface area (Å²) in [6.45, 7) is 4.55. The van der Waals surface area contributed by atoms with Crippen LogP contribution in [0.1, 0.15) is 30.1 Å². The molecule has 0 spiro atoms.